The maximum atomic E-state index is 11.9. The molecule has 2 rings (SSSR count). The van der Waals surface area contributed by atoms with E-state index in [1.165, 1.54) is 0 Å². The summed E-state index contributed by atoms with van der Waals surface area (Å²) in [5.41, 5.74) is 7.59. The van der Waals surface area contributed by atoms with Crippen LogP contribution in [0.1, 0.15) is 26.3 Å². The molecule has 0 saturated carbocycles. The van der Waals surface area contributed by atoms with Crippen LogP contribution in [-0.4, -0.2) is 23.5 Å². The predicted molar refractivity (Wildman–Crippen MR) is 80.3 cm³/mol. The molecule has 5 heteroatoms. The van der Waals surface area contributed by atoms with E-state index in [2.05, 4.69) is 5.32 Å². The first-order valence-electron chi connectivity index (χ1n) is 6.53. The summed E-state index contributed by atoms with van der Waals surface area (Å²) in [5.74, 6) is -1.19. The maximum Gasteiger partial charge on any atom is 0.335 e. The number of amides is 1. The van der Waals surface area contributed by atoms with Gasteiger partial charge in [0.05, 0.1) is 5.56 Å². The molecule has 0 fully saturated rings. The molecule has 0 spiro atoms. The van der Waals surface area contributed by atoms with E-state index in [1.807, 2.05) is 0 Å². The van der Waals surface area contributed by atoms with Crippen molar-refractivity contribution < 1.29 is 14.7 Å². The Morgan fingerprint density at radius 2 is 1.86 bits per heavy atom. The number of carbonyl (C=O) groups excluding carboxylic acids is 1. The molecule has 1 amide bonds. The zero-order valence-electron chi connectivity index (χ0n) is 11.4. The first kappa shape index (κ1) is 14.6. The van der Waals surface area contributed by atoms with Crippen molar-refractivity contribution in [2.75, 3.05) is 12.3 Å². The van der Waals surface area contributed by atoms with Gasteiger partial charge in [-0.2, -0.15) is 0 Å². The van der Waals surface area contributed by atoms with Crippen LogP contribution in [0.5, 0.6) is 0 Å². The number of nitrogens with one attached hydrogen (secondary N) is 1. The van der Waals surface area contributed by atoms with Gasteiger partial charge in [-0.05, 0) is 36.2 Å². The van der Waals surface area contributed by atoms with Gasteiger partial charge in [0.25, 0.3) is 5.91 Å². The van der Waals surface area contributed by atoms with E-state index < -0.39 is 5.97 Å². The van der Waals surface area contributed by atoms with Crippen LogP contribution < -0.4 is 11.1 Å². The lowest BCUT2D eigenvalue weighted by Crippen LogP contribution is -2.26. The second-order valence-electron chi connectivity index (χ2n) is 4.59. The van der Waals surface area contributed by atoms with Crippen molar-refractivity contribution in [2.24, 2.45) is 0 Å². The van der Waals surface area contributed by atoms with Crippen LogP contribution in [0.3, 0.4) is 0 Å². The van der Waals surface area contributed by atoms with Crippen LogP contribution >= 0.6 is 0 Å². The average Bonchev–Trinajstić information content (AvgIpc) is 2.47. The van der Waals surface area contributed by atoms with Gasteiger partial charge < -0.3 is 16.2 Å². The molecule has 0 radical (unpaired) electrons. The Balaban J connectivity index is 1.96. The Morgan fingerprint density at radius 3 is 2.57 bits per heavy atom. The second kappa shape index (κ2) is 6.56. The molecular weight excluding hydrogens is 268 g/mol. The van der Waals surface area contributed by atoms with Crippen molar-refractivity contribution in [1.29, 1.82) is 0 Å². The summed E-state index contributed by atoms with van der Waals surface area (Å²) in [4.78, 5) is 23.0. The number of aromatic carboxylic acids is 1. The molecule has 108 valence electrons. The van der Waals surface area contributed by atoms with E-state index in [1.54, 1.807) is 48.5 Å². The quantitative estimate of drug-likeness (QED) is 0.731. The lowest BCUT2D eigenvalue weighted by molar-refractivity contribution is 0.0695. The van der Waals surface area contributed by atoms with Crippen LogP contribution in [0, 0.1) is 0 Å². The Hall–Kier alpha value is -2.82. The normalized spacial score (nSPS) is 10.1. The summed E-state index contributed by atoms with van der Waals surface area (Å²) in [5, 5.41) is 11.8. The Morgan fingerprint density at radius 1 is 1.10 bits per heavy atom. The van der Waals surface area contributed by atoms with Crippen molar-refractivity contribution in [3.8, 4) is 0 Å². The molecule has 2 aromatic carbocycles. The van der Waals surface area contributed by atoms with E-state index in [9.17, 15) is 9.59 Å². The second-order valence-corrected chi connectivity index (χ2v) is 4.59. The number of carbonyl (C=O) groups is 2. The highest BCUT2D eigenvalue weighted by atomic mass is 16.4. The van der Waals surface area contributed by atoms with Gasteiger partial charge >= 0.3 is 5.97 Å². The zero-order valence-corrected chi connectivity index (χ0v) is 11.4. The molecule has 0 aliphatic heterocycles. The number of carboxylic acids is 1. The van der Waals surface area contributed by atoms with Crippen molar-refractivity contribution in [2.45, 2.75) is 6.42 Å². The summed E-state index contributed by atoms with van der Waals surface area (Å²) in [6.07, 6.45) is 0.455. The number of nitrogen functional groups attached to an aromatic ring is 1. The van der Waals surface area contributed by atoms with Gasteiger partial charge in [0.2, 0.25) is 0 Å². The van der Waals surface area contributed by atoms with Gasteiger partial charge in [-0.1, -0.05) is 24.3 Å². The fraction of sp³-hybridized carbons (Fsp3) is 0.125. The lowest BCUT2D eigenvalue weighted by atomic mass is 10.0. The maximum absolute atomic E-state index is 11.9. The van der Waals surface area contributed by atoms with Crippen molar-refractivity contribution >= 4 is 17.6 Å². The summed E-state index contributed by atoms with van der Waals surface area (Å²) in [6.45, 7) is 0.359. The van der Waals surface area contributed by atoms with Crippen LogP contribution in [0.15, 0.2) is 48.5 Å². The Kier molecular flexibility index (Phi) is 4.56. The van der Waals surface area contributed by atoms with Gasteiger partial charge in [-0.15, -0.1) is 0 Å². The number of benzene rings is 2. The molecule has 0 unspecified atom stereocenters. The summed E-state index contributed by atoms with van der Waals surface area (Å²) < 4.78 is 0. The van der Waals surface area contributed by atoms with Gasteiger partial charge in [-0.3, -0.25) is 4.79 Å². The number of rotatable bonds is 5. The number of hydrogen-bond donors (Lipinski definition) is 3. The van der Waals surface area contributed by atoms with E-state index in [4.69, 9.17) is 10.8 Å². The number of hydrogen-bond acceptors (Lipinski definition) is 3. The monoisotopic (exact) mass is 284 g/mol. The standard InChI is InChI=1S/C16H16N2O3/c17-13-6-3-5-12(10-13)15(19)18-9-8-11-4-1-2-7-14(11)16(20)21/h1-7,10H,8-9,17H2,(H,18,19)(H,20,21). The van der Waals surface area contributed by atoms with Gasteiger partial charge in [0.15, 0.2) is 0 Å². The third-order valence-corrected chi connectivity index (χ3v) is 3.08. The largest absolute Gasteiger partial charge is 0.478 e. The molecule has 4 N–H and O–H groups in total. The summed E-state index contributed by atoms with van der Waals surface area (Å²) >= 11 is 0. The van der Waals surface area contributed by atoms with Crippen LogP contribution in [0.25, 0.3) is 0 Å². The van der Waals surface area contributed by atoms with Gasteiger partial charge in [0.1, 0.15) is 0 Å². The first-order valence-corrected chi connectivity index (χ1v) is 6.53. The molecule has 0 heterocycles. The van der Waals surface area contributed by atoms with E-state index in [0.717, 1.165) is 0 Å². The van der Waals surface area contributed by atoms with Crippen LogP contribution in [-0.2, 0) is 6.42 Å². The SMILES string of the molecule is Nc1cccc(C(=O)NCCc2ccccc2C(=O)O)c1. The molecule has 0 saturated heterocycles. The van der Waals surface area contributed by atoms with Crippen LogP contribution in [0.4, 0.5) is 5.69 Å². The molecule has 5 nitrogen and oxygen atoms in total. The molecule has 0 aliphatic rings. The Labute approximate surface area is 122 Å². The molecule has 2 aromatic rings. The zero-order chi connectivity index (χ0) is 15.2. The highest BCUT2D eigenvalue weighted by Crippen LogP contribution is 2.10. The highest BCUT2D eigenvalue weighted by Gasteiger charge is 2.09. The molecule has 0 bridgehead atoms. The number of carboxylic acid groups (broad SMARTS) is 1. The van der Waals surface area contributed by atoms with Crippen molar-refractivity contribution in [3.05, 3.63) is 65.2 Å². The minimum atomic E-state index is -0.965. The minimum absolute atomic E-state index is 0.227. The van der Waals surface area contributed by atoms with E-state index >= 15 is 0 Å². The van der Waals surface area contributed by atoms with Crippen molar-refractivity contribution in [3.63, 3.8) is 0 Å². The van der Waals surface area contributed by atoms with E-state index in [0.29, 0.717) is 29.8 Å². The topological polar surface area (TPSA) is 92.4 Å². The third kappa shape index (κ3) is 3.82. The highest BCUT2D eigenvalue weighted by molar-refractivity contribution is 5.95. The number of anilines is 1. The fourth-order valence-corrected chi connectivity index (χ4v) is 2.04. The molecule has 0 atom stereocenters. The summed E-state index contributed by atoms with van der Waals surface area (Å²) in [7, 11) is 0. The smallest absolute Gasteiger partial charge is 0.335 e. The fourth-order valence-electron chi connectivity index (χ4n) is 2.04. The predicted octanol–water partition coefficient (Wildman–Crippen LogP) is 1.94. The third-order valence-electron chi connectivity index (χ3n) is 3.08. The molecule has 21 heavy (non-hydrogen) atoms. The van der Waals surface area contributed by atoms with Gasteiger partial charge in [0, 0.05) is 17.8 Å². The Bertz CT molecular complexity index is 668. The van der Waals surface area contributed by atoms with Crippen LogP contribution in [0.2, 0.25) is 0 Å². The van der Waals surface area contributed by atoms with Gasteiger partial charge in [-0.25, -0.2) is 4.79 Å². The molecule has 0 aromatic heterocycles. The summed E-state index contributed by atoms with van der Waals surface area (Å²) in [6, 6.07) is 13.5. The van der Waals surface area contributed by atoms with Crippen molar-refractivity contribution in [1.82, 2.24) is 5.32 Å². The molecule has 0 aliphatic carbocycles. The number of nitrogens with two attached hydrogens (primary N) is 1. The first-order chi connectivity index (χ1) is 10.1. The lowest BCUT2D eigenvalue weighted by Gasteiger charge is -2.08. The molecular formula is C16H16N2O3. The average molecular weight is 284 g/mol. The minimum Gasteiger partial charge on any atom is -0.478 e. The van der Waals surface area contributed by atoms with E-state index in [-0.39, 0.29) is 11.5 Å².